The Balaban J connectivity index is 1.35. The first-order chi connectivity index (χ1) is 16.6. The number of rotatable bonds is 9. The van der Waals surface area contributed by atoms with Crippen molar-refractivity contribution in [2.45, 2.75) is 13.0 Å². The smallest absolute Gasteiger partial charge is 0.230 e. The molecule has 0 aliphatic heterocycles. The van der Waals surface area contributed by atoms with E-state index in [0.717, 1.165) is 34.2 Å². The van der Waals surface area contributed by atoms with Crippen LogP contribution in [-0.2, 0) is 17.8 Å². The number of thiazole rings is 1. The minimum absolute atomic E-state index is 0.102. The third kappa shape index (κ3) is 5.74. The van der Waals surface area contributed by atoms with Crippen LogP contribution in [0.3, 0.4) is 0 Å². The number of carbonyl (C=O) groups excluding carboxylic acids is 1. The predicted octanol–water partition coefficient (Wildman–Crippen LogP) is 5.64. The molecule has 1 N–H and O–H groups in total. The normalized spacial score (nSPS) is 10.6. The number of aromatic nitrogens is 1. The van der Waals surface area contributed by atoms with Crippen molar-refractivity contribution < 1.29 is 14.3 Å². The molecule has 1 aromatic heterocycles. The summed E-state index contributed by atoms with van der Waals surface area (Å²) in [7, 11) is 5.26. The monoisotopic (exact) mass is 473 g/mol. The average Bonchev–Trinajstić information content (AvgIpc) is 3.32. The van der Waals surface area contributed by atoms with Crippen LogP contribution in [-0.4, -0.2) is 32.2 Å². The van der Waals surface area contributed by atoms with Gasteiger partial charge in [0.2, 0.25) is 5.91 Å². The number of nitrogens with zero attached hydrogens (tertiary/aromatic N) is 2. The fourth-order valence-corrected chi connectivity index (χ4v) is 4.42. The van der Waals surface area contributed by atoms with Gasteiger partial charge in [-0.15, -0.1) is 11.3 Å². The Morgan fingerprint density at radius 2 is 1.71 bits per heavy atom. The lowest BCUT2D eigenvalue weighted by Gasteiger charge is -2.19. The van der Waals surface area contributed by atoms with E-state index in [-0.39, 0.29) is 12.3 Å². The number of carbonyl (C=O) groups is 1. The second-order valence-corrected chi connectivity index (χ2v) is 8.69. The SMILES string of the molecule is COc1ccc(-c2nc(CC(=O)Nc3ccc(N(C)Cc4ccccc4)cc3)cs2)cc1OC. The highest BCUT2D eigenvalue weighted by Crippen LogP contribution is 2.33. The topological polar surface area (TPSA) is 63.7 Å². The summed E-state index contributed by atoms with van der Waals surface area (Å²) in [5.74, 6) is 1.21. The molecule has 7 heteroatoms. The van der Waals surface area contributed by atoms with Gasteiger partial charge in [0.05, 0.1) is 26.3 Å². The fourth-order valence-electron chi connectivity index (χ4n) is 3.61. The van der Waals surface area contributed by atoms with Crippen molar-refractivity contribution in [1.82, 2.24) is 4.98 Å². The van der Waals surface area contributed by atoms with E-state index >= 15 is 0 Å². The highest BCUT2D eigenvalue weighted by molar-refractivity contribution is 7.13. The van der Waals surface area contributed by atoms with Gasteiger partial charge in [-0.05, 0) is 48.0 Å². The quantitative estimate of drug-likeness (QED) is 0.341. The van der Waals surface area contributed by atoms with Gasteiger partial charge < -0.3 is 19.7 Å². The summed E-state index contributed by atoms with van der Waals surface area (Å²) in [5.41, 5.74) is 4.74. The Morgan fingerprint density at radius 3 is 2.41 bits per heavy atom. The third-order valence-electron chi connectivity index (χ3n) is 5.38. The summed E-state index contributed by atoms with van der Waals surface area (Å²) in [6.45, 7) is 0.818. The molecule has 0 radical (unpaired) electrons. The largest absolute Gasteiger partial charge is 0.493 e. The number of methoxy groups -OCH3 is 2. The van der Waals surface area contributed by atoms with Crippen LogP contribution in [0.4, 0.5) is 11.4 Å². The van der Waals surface area contributed by atoms with Gasteiger partial charge in [-0.25, -0.2) is 4.98 Å². The molecule has 0 unspecified atom stereocenters. The first-order valence-electron chi connectivity index (χ1n) is 10.9. The number of ether oxygens (including phenoxy) is 2. The lowest BCUT2D eigenvalue weighted by molar-refractivity contribution is -0.115. The molecule has 0 spiro atoms. The molecule has 0 atom stereocenters. The van der Waals surface area contributed by atoms with E-state index in [1.807, 2.05) is 66.0 Å². The summed E-state index contributed by atoms with van der Waals surface area (Å²) in [5, 5.41) is 5.70. The Morgan fingerprint density at radius 1 is 0.971 bits per heavy atom. The van der Waals surface area contributed by atoms with Crippen LogP contribution in [0.5, 0.6) is 11.5 Å². The minimum atomic E-state index is -0.102. The summed E-state index contributed by atoms with van der Waals surface area (Å²) >= 11 is 1.50. The highest BCUT2D eigenvalue weighted by Gasteiger charge is 2.12. The Bertz CT molecular complexity index is 1240. The van der Waals surface area contributed by atoms with Crippen molar-refractivity contribution in [3.63, 3.8) is 0 Å². The summed E-state index contributed by atoms with van der Waals surface area (Å²) in [6, 6.07) is 23.9. The van der Waals surface area contributed by atoms with Crippen LogP contribution in [0.25, 0.3) is 10.6 Å². The second kappa shape index (κ2) is 10.9. The van der Waals surface area contributed by atoms with Gasteiger partial charge in [0, 0.05) is 35.9 Å². The van der Waals surface area contributed by atoms with Crippen molar-refractivity contribution in [3.8, 4) is 22.1 Å². The van der Waals surface area contributed by atoms with Crippen LogP contribution < -0.4 is 19.7 Å². The molecule has 4 aromatic rings. The molecular weight excluding hydrogens is 446 g/mol. The van der Waals surface area contributed by atoms with E-state index in [2.05, 4.69) is 34.4 Å². The van der Waals surface area contributed by atoms with Gasteiger partial charge in [-0.1, -0.05) is 30.3 Å². The van der Waals surface area contributed by atoms with E-state index in [1.54, 1.807) is 14.2 Å². The zero-order valence-electron chi connectivity index (χ0n) is 19.4. The number of hydrogen-bond acceptors (Lipinski definition) is 6. The van der Waals surface area contributed by atoms with E-state index in [4.69, 9.17) is 9.47 Å². The maximum absolute atomic E-state index is 12.6. The molecule has 0 bridgehead atoms. The highest BCUT2D eigenvalue weighted by atomic mass is 32.1. The molecular formula is C27H27N3O3S. The Labute approximate surface area is 203 Å². The van der Waals surface area contributed by atoms with E-state index in [1.165, 1.54) is 16.9 Å². The van der Waals surface area contributed by atoms with Crippen molar-refractivity contribution in [1.29, 1.82) is 0 Å². The van der Waals surface area contributed by atoms with Crippen LogP contribution in [0.15, 0.2) is 78.2 Å². The van der Waals surface area contributed by atoms with Crippen LogP contribution >= 0.6 is 11.3 Å². The number of anilines is 2. The van der Waals surface area contributed by atoms with Crippen molar-refractivity contribution >= 4 is 28.6 Å². The molecule has 174 valence electrons. The molecule has 0 saturated carbocycles. The molecule has 0 aliphatic rings. The number of nitrogens with one attached hydrogen (secondary N) is 1. The fraction of sp³-hybridized carbons (Fsp3) is 0.185. The Kier molecular flexibility index (Phi) is 7.44. The predicted molar refractivity (Wildman–Crippen MR) is 138 cm³/mol. The minimum Gasteiger partial charge on any atom is -0.493 e. The van der Waals surface area contributed by atoms with E-state index in [9.17, 15) is 4.79 Å². The summed E-state index contributed by atoms with van der Waals surface area (Å²) < 4.78 is 10.7. The van der Waals surface area contributed by atoms with Gasteiger partial charge in [-0.3, -0.25) is 4.79 Å². The molecule has 1 heterocycles. The first kappa shape index (κ1) is 23.3. The van der Waals surface area contributed by atoms with Crippen LogP contribution in [0.1, 0.15) is 11.3 Å². The summed E-state index contributed by atoms with van der Waals surface area (Å²) in [6.07, 6.45) is 0.208. The molecule has 4 rings (SSSR count). The molecule has 0 saturated heterocycles. The van der Waals surface area contributed by atoms with Crippen molar-refractivity contribution in [3.05, 3.63) is 89.4 Å². The van der Waals surface area contributed by atoms with E-state index < -0.39 is 0 Å². The van der Waals surface area contributed by atoms with Gasteiger partial charge in [0.1, 0.15) is 5.01 Å². The summed E-state index contributed by atoms with van der Waals surface area (Å²) in [4.78, 5) is 19.4. The number of benzene rings is 3. The molecule has 3 aromatic carbocycles. The van der Waals surface area contributed by atoms with Crippen molar-refractivity contribution in [2.75, 3.05) is 31.5 Å². The zero-order chi connectivity index (χ0) is 23.9. The second-order valence-electron chi connectivity index (χ2n) is 7.83. The standard InChI is InChI=1S/C27H27N3O3S/c1-30(17-19-7-5-4-6-8-19)23-12-10-21(11-13-23)28-26(31)16-22-18-34-27(29-22)20-9-14-24(32-2)25(15-20)33-3/h4-15,18H,16-17H2,1-3H3,(H,28,31). The molecule has 0 fully saturated rings. The lowest BCUT2D eigenvalue weighted by atomic mass is 10.2. The number of hydrogen-bond donors (Lipinski definition) is 1. The molecule has 34 heavy (non-hydrogen) atoms. The lowest BCUT2D eigenvalue weighted by Crippen LogP contribution is -2.17. The third-order valence-corrected chi connectivity index (χ3v) is 6.32. The maximum atomic E-state index is 12.6. The van der Waals surface area contributed by atoms with Crippen LogP contribution in [0.2, 0.25) is 0 Å². The average molecular weight is 474 g/mol. The van der Waals surface area contributed by atoms with Crippen molar-refractivity contribution in [2.24, 2.45) is 0 Å². The van der Waals surface area contributed by atoms with Crippen LogP contribution in [0, 0.1) is 0 Å². The number of amides is 1. The Hall–Kier alpha value is -3.84. The molecule has 6 nitrogen and oxygen atoms in total. The first-order valence-corrected chi connectivity index (χ1v) is 11.8. The van der Waals surface area contributed by atoms with Gasteiger partial charge in [0.15, 0.2) is 11.5 Å². The van der Waals surface area contributed by atoms with E-state index in [0.29, 0.717) is 11.5 Å². The maximum Gasteiger partial charge on any atom is 0.230 e. The zero-order valence-corrected chi connectivity index (χ0v) is 20.3. The molecule has 0 aliphatic carbocycles. The van der Waals surface area contributed by atoms with Gasteiger partial charge in [0.25, 0.3) is 0 Å². The molecule has 1 amide bonds. The van der Waals surface area contributed by atoms with Gasteiger partial charge in [-0.2, -0.15) is 0 Å². The van der Waals surface area contributed by atoms with Gasteiger partial charge >= 0.3 is 0 Å².